The van der Waals surface area contributed by atoms with Crippen molar-refractivity contribution in [1.82, 2.24) is 10.2 Å². The lowest BCUT2D eigenvalue weighted by Crippen LogP contribution is -2.34. The first-order valence-corrected chi connectivity index (χ1v) is 9.07. The molecular formula is C17H29FN2S. The maximum atomic E-state index is 13.8. The van der Waals surface area contributed by atoms with E-state index >= 15 is 0 Å². The van der Waals surface area contributed by atoms with Crippen molar-refractivity contribution >= 4 is 11.8 Å². The van der Waals surface area contributed by atoms with Crippen molar-refractivity contribution in [2.45, 2.75) is 39.3 Å². The quantitative estimate of drug-likeness (QED) is 0.745. The van der Waals surface area contributed by atoms with Crippen molar-refractivity contribution in [1.29, 1.82) is 0 Å². The highest BCUT2D eigenvalue weighted by Crippen LogP contribution is 2.20. The van der Waals surface area contributed by atoms with Crippen molar-refractivity contribution in [3.63, 3.8) is 0 Å². The molecule has 2 atom stereocenters. The normalized spacial score (nSPS) is 14.4. The fourth-order valence-electron chi connectivity index (χ4n) is 2.38. The van der Waals surface area contributed by atoms with Gasteiger partial charge in [-0.15, -0.1) is 0 Å². The molecule has 0 heterocycles. The first-order valence-electron chi connectivity index (χ1n) is 7.68. The van der Waals surface area contributed by atoms with E-state index in [9.17, 15) is 4.39 Å². The van der Waals surface area contributed by atoms with E-state index in [0.717, 1.165) is 30.8 Å². The molecule has 0 aromatic heterocycles. The lowest BCUT2D eigenvalue weighted by molar-refractivity contribution is 0.260. The number of hydrogen-bond donors (Lipinski definition) is 1. The Balaban J connectivity index is 2.67. The summed E-state index contributed by atoms with van der Waals surface area (Å²) in [6.45, 7) is 8.06. The van der Waals surface area contributed by atoms with E-state index in [2.05, 4.69) is 37.4 Å². The van der Waals surface area contributed by atoms with Gasteiger partial charge in [-0.25, -0.2) is 4.39 Å². The zero-order valence-corrected chi connectivity index (χ0v) is 14.8. The Bertz CT molecular complexity index is 425. The van der Waals surface area contributed by atoms with Gasteiger partial charge >= 0.3 is 0 Å². The van der Waals surface area contributed by atoms with Gasteiger partial charge in [0.2, 0.25) is 0 Å². The summed E-state index contributed by atoms with van der Waals surface area (Å²) in [5, 5.41) is 3.47. The van der Waals surface area contributed by atoms with Crippen molar-refractivity contribution in [2.75, 3.05) is 32.1 Å². The summed E-state index contributed by atoms with van der Waals surface area (Å²) >= 11 is 1.88. The van der Waals surface area contributed by atoms with E-state index in [1.54, 1.807) is 13.0 Å². The topological polar surface area (TPSA) is 15.3 Å². The molecule has 2 unspecified atom stereocenters. The summed E-state index contributed by atoms with van der Waals surface area (Å²) in [6, 6.07) is 6.37. The summed E-state index contributed by atoms with van der Waals surface area (Å²) in [5.74, 6) is 1.03. The van der Waals surface area contributed by atoms with Gasteiger partial charge in [0.05, 0.1) is 0 Å². The minimum Gasteiger partial charge on any atom is -0.310 e. The first kappa shape index (κ1) is 18.5. The largest absolute Gasteiger partial charge is 0.310 e. The highest BCUT2D eigenvalue weighted by Gasteiger charge is 2.15. The third-order valence-electron chi connectivity index (χ3n) is 3.98. The number of aryl methyl sites for hydroxylation is 1. The highest BCUT2D eigenvalue weighted by atomic mass is 32.2. The van der Waals surface area contributed by atoms with E-state index in [-0.39, 0.29) is 11.9 Å². The van der Waals surface area contributed by atoms with E-state index in [1.807, 2.05) is 23.9 Å². The van der Waals surface area contributed by atoms with Crippen LogP contribution in [0.5, 0.6) is 0 Å². The molecule has 0 radical (unpaired) electrons. The second kappa shape index (κ2) is 9.44. The molecule has 1 rings (SSSR count). The molecule has 2 nitrogen and oxygen atoms in total. The molecule has 0 spiro atoms. The van der Waals surface area contributed by atoms with Crippen LogP contribution in [-0.4, -0.2) is 43.1 Å². The van der Waals surface area contributed by atoms with Crippen LogP contribution in [0, 0.1) is 12.7 Å². The Morgan fingerprint density at radius 2 is 2.10 bits per heavy atom. The van der Waals surface area contributed by atoms with Crippen molar-refractivity contribution in [2.24, 2.45) is 0 Å². The molecule has 1 aromatic carbocycles. The van der Waals surface area contributed by atoms with Gasteiger partial charge < -0.3 is 10.2 Å². The molecular weight excluding hydrogens is 283 g/mol. The van der Waals surface area contributed by atoms with E-state index in [0.29, 0.717) is 11.6 Å². The van der Waals surface area contributed by atoms with Gasteiger partial charge in [0, 0.05) is 17.8 Å². The minimum atomic E-state index is -0.112. The predicted molar refractivity (Wildman–Crippen MR) is 92.6 cm³/mol. The Morgan fingerprint density at radius 1 is 1.38 bits per heavy atom. The number of hydrogen-bond acceptors (Lipinski definition) is 3. The molecule has 0 saturated heterocycles. The van der Waals surface area contributed by atoms with Gasteiger partial charge in [-0.1, -0.05) is 19.1 Å². The molecule has 0 amide bonds. The second-order valence-corrected chi connectivity index (χ2v) is 6.60. The minimum absolute atomic E-state index is 0.112. The van der Waals surface area contributed by atoms with Gasteiger partial charge in [0.15, 0.2) is 0 Å². The van der Waals surface area contributed by atoms with Crippen LogP contribution in [0.15, 0.2) is 18.2 Å². The lowest BCUT2D eigenvalue weighted by atomic mass is 10.0. The van der Waals surface area contributed by atoms with Gasteiger partial charge in [0.1, 0.15) is 5.82 Å². The van der Waals surface area contributed by atoms with Gasteiger partial charge in [-0.3, -0.25) is 0 Å². The third kappa shape index (κ3) is 5.97. The van der Waals surface area contributed by atoms with Crippen LogP contribution < -0.4 is 5.32 Å². The van der Waals surface area contributed by atoms with Crippen LogP contribution in [0.25, 0.3) is 0 Å². The summed E-state index contributed by atoms with van der Waals surface area (Å²) < 4.78 is 13.8. The number of nitrogens with zero attached hydrogens (tertiary/aromatic N) is 1. The van der Waals surface area contributed by atoms with Gasteiger partial charge in [-0.05, 0) is 63.9 Å². The van der Waals surface area contributed by atoms with E-state index in [1.165, 1.54) is 0 Å². The monoisotopic (exact) mass is 312 g/mol. The predicted octanol–water partition coefficient (Wildman–Crippen LogP) is 3.86. The van der Waals surface area contributed by atoms with Crippen LogP contribution in [-0.2, 0) is 0 Å². The SMILES string of the molecule is CCNC(CCN(C)C(C)CSC)c1ccc(C)c(F)c1. The number of halogens is 1. The van der Waals surface area contributed by atoms with E-state index in [4.69, 9.17) is 0 Å². The van der Waals surface area contributed by atoms with Crippen molar-refractivity contribution < 1.29 is 4.39 Å². The molecule has 0 aliphatic carbocycles. The average Bonchev–Trinajstić information content (AvgIpc) is 2.46. The molecule has 0 aliphatic rings. The average molecular weight is 312 g/mol. The van der Waals surface area contributed by atoms with Crippen LogP contribution >= 0.6 is 11.8 Å². The zero-order valence-electron chi connectivity index (χ0n) is 13.9. The Morgan fingerprint density at radius 3 is 2.67 bits per heavy atom. The maximum Gasteiger partial charge on any atom is 0.126 e. The number of nitrogens with one attached hydrogen (secondary N) is 1. The summed E-state index contributed by atoms with van der Waals surface area (Å²) in [6.07, 6.45) is 3.13. The molecule has 0 aliphatic heterocycles. The second-order valence-electron chi connectivity index (χ2n) is 5.69. The highest BCUT2D eigenvalue weighted by molar-refractivity contribution is 7.98. The Labute approximate surface area is 133 Å². The first-order chi connectivity index (χ1) is 9.99. The smallest absolute Gasteiger partial charge is 0.126 e. The molecule has 21 heavy (non-hydrogen) atoms. The molecule has 0 fully saturated rings. The molecule has 0 saturated carbocycles. The van der Waals surface area contributed by atoms with Crippen LogP contribution in [0.4, 0.5) is 4.39 Å². The summed E-state index contributed by atoms with van der Waals surface area (Å²) in [4.78, 5) is 2.38. The lowest BCUT2D eigenvalue weighted by Gasteiger charge is -2.27. The summed E-state index contributed by atoms with van der Waals surface area (Å²) in [7, 11) is 2.17. The number of benzene rings is 1. The van der Waals surface area contributed by atoms with Crippen LogP contribution in [0.1, 0.15) is 37.4 Å². The summed E-state index contributed by atoms with van der Waals surface area (Å²) in [5.41, 5.74) is 1.76. The van der Waals surface area contributed by atoms with Crippen molar-refractivity contribution in [3.05, 3.63) is 35.1 Å². The molecule has 1 N–H and O–H groups in total. The number of thioether (sulfide) groups is 1. The zero-order chi connectivity index (χ0) is 15.8. The molecule has 0 bridgehead atoms. The maximum absolute atomic E-state index is 13.8. The molecule has 1 aromatic rings. The standard InChI is InChI=1S/C17H29FN2S/c1-6-19-17(9-10-20(4)14(3)12-21-5)15-8-7-13(2)16(18)11-15/h7-8,11,14,17,19H,6,9-10,12H2,1-5H3. The fourth-order valence-corrected chi connectivity index (χ4v) is 3.12. The van der Waals surface area contributed by atoms with Crippen LogP contribution in [0.2, 0.25) is 0 Å². The molecule has 4 heteroatoms. The third-order valence-corrected chi connectivity index (χ3v) is 4.80. The Hall–Kier alpha value is -0.580. The molecule has 120 valence electrons. The Kier molecular flexibility index (Phi) is 8.30. The number of rotatable bonds is 9. The van der Waals surface area contributed by atoms with E-state index < -0.39 is 0 Å². The van der Waals surface area contributed by atoms with Crippen molar-refractivity contribution in [3.8, 4) is 0 Å². The van der Waals surface area contributed by atoms with Gasteiger partial charge in [0.25, 0.3) is 0 Å². The fraction of sp³-hybridized carbons (Fsp3) is 0.647. The van der Waals surface area contributed by atoms with Crippen LogP contribution in [0.3, 0.4) is 0 Å². The van der Waals surface area contributed by atoms with Gasteiger partial charge in [-0.2, -0.15) is 11.8 Å².